The van der Waals surface area contributed by atoms with Crippen LogP contribution in [0.3, 0.4) is 0 Å². The average Bonchev–Trinajstić information content (AvgIpc) is 2.78. The van der Waals surface area contributed by atoms with Crippen molar-refractivity contribution in [3.05, 3.63) is 29.8 Å². The predicted molar refractivity (Wildman–Crippen MR) is 119 cm³/mol. The zero-order valence-corrected chi connectivity index (χ0v) is 19.0. The van der Waals surface area contributed by atoms with Crippen molar-refractivity contribution in [1.82, 2.24) is 9.80 Å². The molecule has 2 heterocycles. The summed E-state index contributed by atoms with van der Waals surface area (Å²) in [6.45, 7) is 5.05. The van der Waals surface area contributed by atoms with Gasteiger partial charge in [-0.05, 0) is 82.4 Å². The first-order chi connectivity index (χ1) is 15.3. The fourth-order valence-electron chi connectivity index (χ4n) is 6.04. The van der Waals surface area contributed by atoms with Crippen LogP contribution < -0.4 is 4.74 Å². The Hall–Kier alpha value is -1.31. The number of hydrogen-bond donors (Lipinski definition) is 1. The minimum Gasteiger partial charge on any atom is -0.406 e. The Morgan fingerprint density at radius 2 is 1.62 bits per heavy atom. The second-order valence-electron chi connectivity index (χ2n) is 9.97. The van der Waals surface area contributed by atoms with Crippen LogP contribution in [0.25, 0.3) is 0 Å². The molecule has 1 aliphatic carbocycles. The molecule has 4 nitrogen and oxygen atoms in total. The maximum atomic E-state index is 12.8. The molecule has 2 saturated heterocycles. The molecule has 3 aliphatic rings. The summed E-state index contributed by atoms with van der Waals surface area (Å²) in [5, 5.41) is 11.6. The summed E-state index contributed by atoms with van der Waals surface area (Å²) in [5.41, 5.74) is -0.131. The smallest absolute Gasteiger partial charge is 0.406 e. The second-order valence-corrected chi connectivity index (χ2v) is 9.97. The van der Waals surface area contributed by atoms with E-state index in [1.807, 2.05) is 6.07 Å². The van der Waals surface area contributed by atoms with Crippen molar-refractivity contribution in [2.45, 2.75) is 88.1 Å². The summed E-state index contributed by atoms with van der Waals surface area (Å²) < 4.78 is 42.5. The van der Waals surface area contributed by atoms with E-state index in [1.54, 1.807) is 6.07 Å². The normalized spacial score (nSPS) is 24.9. The summed E-state index contributed by atoms with van der Waals surface area (Å²) in [6, 6.07) is 6.92. The third-order valence-electron chi connectivity index (χ3n) is 7.77. The van der Waals surface area contributed by atoms with Gasteiger partial charge in [-0.25, -0.2) is 0 Å². The largest absolute Gasteiger partial charge is 0.573 e. The maximum absolute atomic E-state index is 12.8. The van der Waals surface area contributed by atoms with Crippen LogP contribution in [0.4, 0.5) is 13.2 Å². The Balaban J connectivity index is 1.47. The molecule has 180 valence electrons. The lowest BCUT2D eigenvalue weighted by atomic mass is 9.72. The van der Waals surface area contributed by atoms with E-state index in [2.05, 4.69) is 14.5 Å². The van der Waals surface area contributed by atoms with Gasteiger partial charge >= 0.3 is 6.36 Å². The van der Waals surface area contributed by atoms with E-state index in [9.17, 15) is 18.3 Å². The molecule has 2 aliphatic heterocycles. The van der Waals surface area contributed by atoms with Crippen molar-refractivity contribution in [3.8, 4) is 5.75 Å². The van der Waals surface area contributed by atoms with Gasteiger partial charge in [-0.3, -0.25) is 0 Å². The van der Waals surface area contributed by atoms with Gasteiger partial charge in [0.25, 0.3) is 0 Å². The molecule has 1 saturated carbocycles. The summed E-state index contributed by atoms with van der Waals surface area (Å²) in [6.07, 6.45) is 5.90. The van der Waals surface area contributed by atoms with Crippen LogP contribution in [-0.4, -0.2) is 65.6 Å². The van der Waals surface area contributed by atoms with Crippen molar-refractivity contribution >= 4 is 0 Å². The number of halogens is 3. The molecule has 1 aromatic rings. The van der Waals surface area contributed by atoms with E-state index in [1.165, 1.54) is 44.5 Å². The van der Waals surface area contributed by atoms with Gasteiger partial charge in [-0.1, -0.05) is 37.8 Å². The van der Waals surface area contributed by atoms with Crippen LogP contribution in [0.1, 0.15) is 75.7 Å². The SMILES string of the molecule is OC1([C@H](CN2CCC(N3CCCCC3)CC2)c2cccc(OC(F)(F)F)c2)CCCCC1. The Labute approximate surface area is 189 Å². The van der Waals surface area contributed by atoms with Gasteiger partial charge < -0.3 is 19.6 Å². The number of rotatable bonds is 6. The van der Waals surface area contributed by atoms with Crippen molar-refractivity contribution < 1.29 is 23.0 Å². The molecular formula is C25H37F3N2O2. The van der Waals surface area contributed by atoms with Gasteiger partial charge in [-0.15, -0.1) is 13.2 Å². The molecule has 0 unspecified atom stereocenters. The highest BCUT2D eigenvalue weighted by Crippen LogP contribution is 2.42. The van der Waals surface area contributed by atoms with Crippen LogP contribution in [-0.2, 0) is 0 Å². The number of nitrogens with zero attached hydrogens (tertiary/aromatic N) is 2. The molecule has 0 aromatic heterocycles. The Kier molecular flexibility index (Phi) is 7.68. The van der Waals surface area contributed by atoms with Gasteiger partial charge in [0.05, 0.1) is 5.60 Å². The van der Waals surface area contributed by atoms with E-state index >= 15 is 0 Å². The number of benzene rings is 1. The molecule has 1 N–H and O–H groups in total. The number of piperidine rings is 2. The molecule has 4 rings (SSSR count). The number of alkyl halides is 3. The van der Waals surface area contributed by atoms with Gasteiger partial charge in [0.1, 0.15) is 5.75 Å². The number of aliphatic hydroxyl groups is 1. The lowest BCUT2D eigenvalue weighted by Gasteiger charge is -2.44. The number of likely N-dealkylation sites (tertiary alicyclic amines) is 2. The Morgan fingerprint density at radius 3 is 2.28 bits per heavy atom. The highest BCUT2D eigenvalue weighted by Gasteiger charge is 2.41. The summed E-state index contributed by atoms with van der Waals surface area (Å²) >= 11 is 0. The van der Waals surface area contributed by atoms with E-state index in [0.29, 0.717) is 25.4 Å². The summed E-state index contributed by atoms with van der Waals surface area (Å²) in [4.78, 5) is 5.06. The summed E-state index contributed by atoms with van der Waals surface area (Å²) in [5.74, 6) is -0.422. The van der Waals surface area contributed by atoms with Crippen molar-refractivity contribution in [1.29, 1.82) is 0 Å². The predicted octanol–water partition coefficient (Wildman–Crippen LogP) is 5.31. The van der Waals surface area contributed by atoms with Gasteiger partial charge in [0.15, 0.2) is 0 Å². The molecule has 0 bridgehead atoms. The molecule has 0 radical (unpaired) electrons. The lowest BCUT2D eigenvalue weighted by molar-refractivity contribution is -0.274. The average molecular weight is 455 g/mol. The van der Waals surface area contributed by atoms with Crippen LogP contribution in [0, 0.1) is 0 Å². The third-order valence-corrected chi connectivity index (χ3v) is 7.77. The zero-order valence-electron chi connectivity index (χ0n) is 19.0. The lowest BCUT2D eigenvalue weighted by Crippen LogP contribution is -2.50. The zero-order chi connectivity index (χ0) is 22.6. The van der Waals surface area contributed by atoms with E-state index in [4.69, 9.17) is 0 Å². The first-order valence-corrected chi connectivity index (χ1v) is 12.4. The molecule has 32 heavy (non-hydrogen) atoms. The molecule has 0 spiro atoms. The van der Waals surface area contributed by atoms with Gasteiger partial charge in [-0.2, -0.15) is 0 Å². The fourth-order valence-corrected chi connectivity index (χ4v) is 6.04. The summed E-state index contributed by atoms with van der Waals surface area (Å²) in [7, 11) is 0. The van der Waals surface area contributed by atoms with Crippen molar-refractivity contribution in [2.24, 2.45) is 0 Å². The highest BCUT2D eigenvalue weighted by molar-refractivity contribution is 5.33. The first-order valence-electron chi connectivity index (χ1n) is 12.4. The van der Waals surface area contributed by atoms with Crippen LogP contribution in [0.15, 0.2) is 24.3 Å². The maximum Gasteiger partial charge on any atom is 0.573 e. The molecule has 7 heteroatoms. The van der Waals surface area contributed by atoms with E-state index in [0.717, 1.165) is 50.8 Å². The topological polar surface area (TPSA) is 35.9 Å². The number of ether oxygens (including phenoxy) is 1. The third kappa shape index (κ3) is 6.17. The van der Waals surface area contributed by atoms with Crippen LogP contribution >= 0.6 is 0 Å². The molecule has 0 amide bonds. The first kappa shape index (κ1) is 23.8. The molecule has 1 aromatic carbocycles. The van der Waals surface area contributed by atoms with Crippen LogP contribution in [0.5, 0.6) is 5.75 Å². The van der Waals surface area contributed by atoms with Crippen molar-refractivity contribution in [2.75, 3.05) is 32.7 Å². The molecule has 1 atom stereocenters. The standard InChI is InChI=1S/C25H37F3N2O2/c26-25(27,28)32-22-9-7-8-20(18-22)23(24(31)12-3-1-4-13-24)19-29-16-10-21(11-17-29)30-14-5-2-6-15-30/h7-9,18,21,23,31H,1-6,10-17,19H2/t23-/m1/s1. The molecular weight excluding hydrogens is 417 g/mol. The van der Waals surface area contributed by atoms with E-state index in [-0.39, 0.29) is 11.7 Å². The highest BCUT2D eigenvalue weighted by atomic mass is 19.4. The van der Waals surface area contributed by atoms with Gasteiger partial charge in [0.2, 0.25) is 0 Å². The van der Waals surface area contributed by atoms with E-state index < -0.39 is 12.0 Å². The Bertz CT molecular complexity index is 722. The quantitative estimate of drug-likeness (QED) is 0.632. The monoisotopic (exact) mass is 454 g/mol. The molecule has 3 fully saturated rings. The Morgan fingerprint density at radius 1 is 0.969 bits per heavy atom. The van der Waals surface area contributed by atoms with Crippen molar-refractivity contribution in [3.63, 3.8) is 0 Å². The second kappa shape index (κ2) is 10.3. The number of hydrogen-bond acceptors (Lipinski definition) is 4. The minimum absolute atomic E-state index is 0.205. The fraction of sp³-hybridized carbons (Fsp3) is 0.760. The van der Waals surface area contributed by atoms with Crippen LogP contribution in [0.2, 0.25) is 0 Å². The van der Waals surface area contributed by atoms with Gasteiger partial charge in [0, 0.05) is 18.5 Å². The minimum atomic E-state index is -4.72.